The fraction of sp³-hybridized carbons (Fsp3) is 0.294. The van der Waals surface area contributed by atoms with Gasteiger partial charge in [-0.25, -0.2) is 0 Å². The maximum Gasteiger partial charge on any atom is 0.230 e. The summed E-state index contributed by atoms with van der Waals surface area (Å²) in [4.78, 5) is 16.4. The molecule has 1 saturated carbocycles. The van der Waals surface area contributed by atoms with Crippen LogP contribution in [0.1, 0.15) is 24.0 Å². The first-order chi connectivity index (χ1) is 10.2. The van der Waals surface area contributed by atoms with Gasteiger partial charge in [-0.15, -0.1) is 0 Å². The van der Waals surface area contributed by atoms with E-state index >= 15 is 0 Å². The minimum atomic E-state index is -0.327. The first kappa shape index (κ1) is 13.6. The first-order valence-electron chi connectivity index (χ1n) is 7.24. The van der Waals surface area contributed by atoms with Crippen LogP contribution in [-0.2, 0) is 16.6 Å². The lowest BCUT2D eigenvalue weighted by Crippen LogP contribution is -2.35. The Balaban J connectivity index is 1.59. The van der Waals surface area contributed by atoms with E-state index in [-0.39, 0.29) is 11.3 Å². The molecule has 3 rings (SSSR count). The second-order valence-electron chi connectivity index (χ2n) is 5.57. The molecule has 2 aromatic rings. The number of rotatable bonds is 5. The number of carbonyl (C=O) groups is 1. The molecular weight excluding hydrogens is 262 g/mol. The van der Waals surface area contributed by atoms with Crippen LogP contribution in [0, 0.1) is 0 Å². The Hall–Kier alpha value is -2.36. The topological polar surface area (TPSA) is 68.0 Å². The number of hydrogen-bond donors (Lipinski definition) is 2. The molecule has 0 spiro atoms. The molecule has 1 aliphatic rings. The highest BCUT2D eigenvalue weighted by molar-refractivity contribution is 5.91. The van der Waals surface area contributed by atoms with Crippen LogP contribution in [0.2, 0.25) is 0 Å². The third-order valence-corrected chi connectivity index (χ3v) is 4.10. The monoisotopic (exact) mass is 281 g/mol. The van der Waals surface area contributed by atoms with Crippen molar-refractivity contribution in [1.29, 1.82) is 0 Å². The Bertz CT molecular complexity index is 618. The highest BCUT2D eigenvalue weighted by Gasteiger charge is 2.50. The third-order valence-electron chi connectivity index (χ3n) is 4.10. The molecule has 1 amide bonds. The van der Waals surface area contributed by atoms with E-state index in [1.54, 1.807) is 12.4 Å². The van der Waals surface area contributed by atoms with Gasteiger partial charge in [-0.2, -0.15) is 0 Å². The van der Waals surface area contributed by atoms with Crippen molar-refractivity contribution in [2.75, 3.05) is 12.3 Å². The molecule has 1 aromatic heterocycles. The number of anilines is 1. The largest absolute Gasteiger partial charge is 0.399 e. The average molecular weight is 281 g/mol. The smallest absolute Gasteiger partial charge is 0.230 e. The molecule has 1 heterocycles. The lowest BCUT2D eigenvalue weighted by Gasteiger charge is -2.16. The van der Waals surface area contributed by atoms with E-state index in [2.05, 4.69) is 10.3 Å². The number of nitrogens with zero attached hydrogens (tertiary/aromatic N) is 1. The highest BCUT2D eigenvalue weighted by atomic mass is 16.2. The number of amides is 1. The minimum Gasteiger partial charge on any atom is -0.399 e. The lowest BCUT2D eigenvalue weighted by atomic mass is 9.94. The van der Waals surface area contributed by atoms with Crippen molar-refractivity contribution in [3.8, 4) is 0 Å². The maximum absolute atomic E-state index is 12.4. The molecule has 4 nitrogen and oxygen atoms in total. The second-order valence-corrected chi connectivity index (χ2v) is 5.57. The van der Waals surface area contributed by atoms with Crippen LogP contribution in [0.4, 0.5) is 5.69 Å². The van der Waals surface area contributed by atoms with E-state index in [1.165, 1.54) is 5.56 Å². The van der Waals surface area contributed by atoms with Crippen LogP contribution < -0.4 is 11.1 Å². The SMILES string of the molecule is Nc1ccc(C2(C(=O)NCCc3ccncc3)CC2)cc1. The number of hydrogen-bond acceptors (Lipinski definition) is 3. The van der Waals surface area contributed by atoms with Gasteiger partial charge in [-0.05, 0) is 54.7 Å². The van der Waals surface area contributed by atoms with Crippen LogP contribution in [-0.4, -0.2) is 17.4 Å². The van der Waals surface area contributed by atoms with E-state index in [0.717, 1.165) is 30.5 Å². The van der Waals surface area contributed by atoms with Crippen molar-refractivity contribution in [1.82, 2.24) is 10.3 Å². The van der Waals surface area contributed by atoms with Crippen LogP contribution in [0.25, 0.3) is 0 Å². The summed E-state index contributed by atoms with van der Waals surface area (Å²) in [5.41, 5.74) is 8.36. The maximum atomic E-state index is 12.4. The van der Waals surface area contributed by atoms with Gasteiger partial charge in [0.15, 0.2) is 0 Å². The van der Waals surface area contributed by atoms with Gasteiger partial charge in [0.05, 0.1) is 5.41 Å². The number of nitrogens with one attached hydrogen (secondary N) is 1. The normalized spacial score (nSPS) is 15.4. The minimum absolute atomic E-state index is 0.126. The quantitative estimate of drug-likeness (QED) is 0.824. The van der Waals surface area contributed by atoms with Gasteiger partial charge < -0.3 is 11.1 Å². The zero-order valence-corrected chi connectivity index (χ0v) is 11.9. The van der Waals surface area contributed by atoms with Crippen molar-refractivity contribution in [3.63, 3.8) is 0 Å². The van der Waals surface area contributed by atoms with Crippen molar-refractivity contribution in [3.05, 3.63) is 59.9 Å². The predicted octanol–water partition coefficient (Wildman–Crippen LogP) is 2.05. The molecule has 21 heavy (non-hydrogen) atoms. The standard InChI is InChI=1S/C17H19N3O/c18-15-3-1-14(2-4-15)17(8-9-17)16(21)20-12-7-13-5-10-19-11-6-13/h1-6,10-11H,7-9,12,18H2,(H,20,21). The second kappa shape index (κ2) is 5.56. The van der Waals surface area contributed by atoms with Crippen molar-refractivity contribution in [2.24, 2.45) is 0 Å². The summed E-state index contributed by atoms with van der Waals surface area (Å²) in [6, 6.07) is 11.6. The Kier molecular flexibility index (Phi) is 3.60. The summed E-state index contributed by atoms with van der Waals surface area (Å²) in [6.07, 6.45) is 6.20. The van der Waals surface area contributed by atoms with Gasteiger partial charge in [0.1, 0.15) is 0 Å². The van der Waals surface area contributed by atoms with Crippen LogP contribution in [0.15, 0.2) is 48.8 Å². The zero-order chi connectivity index (χ0) is 14.7. The predicted molar refractivity (Wildman–Crippen MR) is 82.7 cm³/mol. The molecule has 4 heteroatoms. The van der Waals surface area contributed by atoms with Crippen LogP contribution in [0.3, 0.4) is 0 Å². The summed E-state index contributed by atoms with van der Waals surface area (Å²) < 4.78 is 0. The molecule has 0 bridgehead atoms. The molecule has 0 radical (unpaired) electrons. The molecule has 0 unspecified atom stereocenters. The van der Waals surface area contributed by atoms with Crippen LogP contribution >= 0.6 is 0 Å². The van der Waals surface area contributed by atoms with Gasteiger partial charge >= 0.3 is 0 Å². The van der Waals surface area contributed by atoms with E-state index in [0.29, 0.717) is 6.54 Å². The fourth-order valence-electron chi connectivity index (χ4n) is 2.61. The van der Waals surface area contributed by atoms with E-state index < -0.39 is 0 Å². The van der Waals surface area contributed by atoms with E-state index in [1.807, 2.05) is 36.4 Å². The zero-order valence-electron chi connectivity index (χ0n) is 11.9. The number of nitrogen functional groups attached to an aromatic ring is 1. The molecule has 1 aliphatic carbocycles. The van der Waals surface area contributed by atoms with Crippen molar-refractivity contribution < 1.29 is 4.79 Å². The Morgan fingerprint density at radius 1 is 1.14 bits per heavy atom. The summed E-state index contributed by atoms with van der Waals surface area (Å²) in [6.45, 7) is 0.652. The van der Waals surface area contributed by atoms with E-state index in [9.17, 15) is 4.79 Å². The molecule has 1 aromatic carbocycles. The van der Waals surface area contributed by atoms with Gasteiger partial charge in [-0.3, -0.25) is 9.78 Å². The van der Waals surface area contributed by atoms with Gasteiger partial charge in [0, 0.05) is 24.6 Å². The number of benzene rings is 1. The van der Waals surface area contributed by atoms with Gasteiger partial charge in [0.25, 0.3) is 0 Å². The summed E-state index contributed by atoms with van der Waals surface area (Å²) >= 11 is 0. The number of nitrogens with two attached hydrogens (primary N) is 1. The fourth-order valence-corrected chi connectivity index (χ4v) is 2.61. The van der Waals surface area contributed by atoms with Crippen molar-refractivity contribution >= 4 is 11.6 Å². The number of pyridine rings is 1. The van der Waals surface area contributed by atoms with Gasteiger partial charge in [0.2, 0.25) is 5.91 Å². The molecule has 0 atom stereocenters. The van der Waals surface area contributed by atoms with Gasteiger partial charge in [-0.1, -0.05) is 12.1 Å². The number of aromatic nitrogens is 1. The lowest BCUT2D eigenvalue weighted by molar-refractivity contribution is -0.123. The Morgan fingerprint density at radius 2 is 1.81 bits per heavy atom. The molecular formula is C17H19N3O. The summed E-state index contributed by atoms with van der Waals surface area (Å²) in [7, 11) is 0. The number of carbonyl (C=O) groups excluding carboxylic acids is 1. The highest BCUT2D eigenvalue weighted by Crippen LogP contribution is 2.48. The molecule has 1 fully saturated rings. The molecule has 108 valence electrons. The average Bonchev–Trinajstić information content (AvgIpc) is 3.31. The Labute approximate surface area is 124 Å². The van der Waals surface area contributed by atoms with Crippen LogP contribution in [0.5, 0.6) is 0 Å². The third kappa shape index (κ3) is 2.89. The first-order valence-corrected chi connectivity index (χ1v) is 7.24. The molecule has 3 N–H and O–H groups in total. The summed E-state index contributed by atoms with van der Waals surface area (Å²) in [5, 5.41) is 3.06. The van der Waals surface area contributed by atoms with Crippen molar-refractivity contribution in [2.45, 2.75) is 24.7 Å². The molecule has 0 saturated heterocycles. The Morgan fingerprint density at radius 3 is 2.43 bits per heavy atom. The summed E-state index contributed by atoms with van der Waals surface area (Å²) in [5.74, 6) is 0.126. The molecule has 0 aliphatic heterocycles. The van der Waals surface area contributed by atoms with E-state index in [4.69, 9.17) is 5.73 Å².